The van der Waals surface area contributed by atoms with Crippen molar-refractivity contribution in [1.29, 1.82) is 0 Å². The maximum atomic E-state index is 4.18. The molecule has 0 aliphatic heterocycles. The van der Waals surface area contributed by atoms with E-state index in [1.54, 1.807) is 0 Å². The summed E-state index contributed by atoms with van der Waals surface area (Å²) in [4.78, 5) is 4.18. The molecule has 1 aromatic rings. The highest BCUT2D eigenvalue weighted by atomic mass is 28.2. The van der Waals surface area contributed by atoms with E-state index in [0.29, 0.717) is 0 Å². The van der Waals surface area contributed by atoms with Gasteiger partial charge in [0.15, 0.2) is 0 Å². The highest BCUT2D eigenvalue weighted by Gasteiger charge is 1.85. The first-order valence-corrected chi connectivity index (χ1v) is 4.69. The molecule has 3 heteroatoms. The molecular weight excluding hydrogens is 130 g/mol. The Labute approximate surface area is 55.0 Å². The van der Waals surface area contributed by atoms with Crippen molar-refractivity contribution in [2.45, 2.75) is 0 Å². The van der Waals surface area contributed by atoms with Gasteiger partial charge >= 0.3 is 0 Å². The third-order valence-corrected chi connectivity index (χ3v) is 4.37. The van der Waals surface area contributed by atoms with Crippen LogP contribution in [0.5, 0.6) is 0 Å². The van der Waals surface area contributed by atoms with Crippen molar-refractivity contribution in [3.8, 4) is 0 Å². The monoisotopic (exact) mass is 139 g/mol. The lowest BCUT2D eigenvalue weighted by Crippen LogP contribution is -2.27. The highest BCUT2D eigenvalue weighted by molar-refractivity contribution is 6.47. The molecule has 0 aliphatic carbocycles. The minimum atomic E-state index is 1.10. The molecule has 0 saturated heterocycles. The molecule has 1 aromatic heterocycles. The first-order valence-electron chi connectivity index (χ1n) is 2.69. The lowest BCUT2D eigenvalue weighted by molar-refractivity contribution is 1.41. The van der Waals surface area contributed by atoms with Gasteiger partial charge in [-0.05, 0) is 6.07 Å². The van der Waals surface area contributed by atoms with Crippen LogP contribution >= 0.6 is 0 Å². The van der Waals surface area contributed by atoms with E-state index in [0.717, 1.165) is 20.5 Å². The molecule has 0 fully saturated rings. The average molecular weight is 139 g/mol. The van der Waals surface area contributed by atoms with Crippen molar-refractivity contribution in [3.63, 3.8) is 0 Å². The predicted molar refractivity (Wildman–Crippen MR) is 43.4 cm³/mol. The largest absolute Gasteiger partial charge is 0.267 e. The fraction of sp³-hybridized carbons (Fsp3) is 0. The molecule has 8 heavy (non-hydrogen) atoms. The number of hydrogen-bond acceptors (Lipinski definition) is 1. The van der Waals surface area contributed by atoms with Crippen LogP contribution < -0.4 is 10.5 Å². The zero-order valence-corrected chi connectivity index (χ0v) is 9.18. The number of hydrogen-bond donors (Lipinski definition) is 0. The van der Waals surface area contributed by atoms with Crippen molar-refractivity contribution in [2.24, 2.45) is 0 Å². The van der Waals surface area contributed by atoms with Gasteiger partial charge in [-0.3, -0.25) is 4.98 Å². The van der Waals surface area contributed by atoms with Gasteiger partial charge in [0.1, 0.15) is 0 Å². The van der Waals surface area contributed by atoms with Crippen LogP contribution in [0.1, 0.15) is 0 Å². The lowest BCUT2D eigenvalue weighted by atomic mass is 10.5. The molecule has 0 unspecified atom stereocenters. The summed E-state index contributed by atoms with van der Waals surface area (Å²) >= 11 is 0. The second-order valence-corrected chi connectivity index (χ2v) is 3.93. The summed E-state index contributed by atoms with van der Waals surface area (Å²) in [6.45, 7) is 0. The standard InChI is InChI=1S/C5H9NSi2/c7-4-2-1-3-6-5(4)8/h1-3H,7-8H3. The van der Waals surface area contributed by atoms with Crippen LogP contribution in [0.15, 0.2) is 18.3 Å². The van der Waals surface area contributed by atoms with Gasteiger partial charge in [0, 0.05) is 21.8 Å². The normalized spacial score (nSPS) is 10.0. The van der Waals surface area contributed by atoms with Gasteiger partial charge < -0.3 is 0 Å². The van der Waals surface area contributed by atoms with Crippen LogP contribution in [0.25, 0.3) is 0 Å². The zero-order chi connectivity index (χ0) is 5.98. The summed E-state index contributed by atoms with van der Waals surface area (Å²) < 4.78 is 0. The fourth-order valence-electron chi connectivity index (χ4n) is 0.565. The van der Waals surface area contributed by atoms with Crippen molar-refractivity contribution >= 4 is 31.0 Å². The van der Waals surface area contributed by atoms with Gasteiger partial charge in [0.2, 0.25) is 0 Å². The molecular formula is C5H9NSi2. The summed E-state index contributed by atoms with van der Waals surface area (Å²) in [5.41, 5.74) is 0. The Hall–Kier alpha value is -0.416. The molecule has 0 amide bonds. The Morgan fingerprint density at radius 2 is 2.12 bits per heavy atom. The van der Waals surface area contributed by atoms with E-state index in [9.17, 15) is 0 Å². The molecule has 0 radical (unpaired) electrons. The minimum absolute atomic E-state index is 1.10. The average Bonchev–Trinajstić information content (AvgIpc) is 1.77. The molecule has 1 heterocycles. The Balaban J connectivity index is 3.13. The molecule has 0 bridgehead atoms. The second-order valence-electron chi connectivity index (χ2n) is 1.91. The van der Waals surface area contributed by atoms with Gasteiger partial charge in [-0.25, -0.2) is 0 Å². The van der Waals surface area contributed by atoms with Crippen molar-refractivity contribution < 1.29 is 0 Å². The van der Waals surface area contributed by atoms with Gasteiger partial charge in [0.05, 0.1) is 10.2 Å². The summed E-state index contributed by atoms with van der Waals surface area (Å²) in [6, 6.07) is 4.16. The van der Waals surface area contributed by atoms with Gasteiger partial charge in [-0.1, -0.05) is 11.3 Å². The first kappa shape index (κ1) is 5.72. The zero-order valence-electron chi connectivity index (χ0n) is 5.18. The van der Waals surface area contributed by atoms with Crippen molar-refractivity contribution in [3.05, 3.63) is 18.3 Å². The fourth-order valence-corrected chi connectivity index (χ4v) is 1.20. The van der Waals surface area contributed by atoms with E-state index in [1.807, 2.05) is 12.3 Å². The molecule has 42 valence electrons. The van der Waals surface area contributed by atoms with E-state index in [-0.39, 0.29) is 0 Å². The summed E-state index contributed by atoms with van der Waals surface area (Å²) in [5.74, 6) is 0. The van der Waals surface area contributed by atoms with E-state index in [2.05, 4.69) is 11.1 Å². The van der Waals surface area contributed by atoms with Crippen LogP contribution in [-0.4, -0.2) is 25.5 Å². The van der Waals surface area contributed by atoms with Crippen LogP contribution in [0, 0.1) is 0 Å². The lowest BCUT2D eigenvalue weighted by Gasteiger charge is -1.92. The maximum Gasteiger partial charge on any atom is 0.0620 e. The predicted octanol–water partition coefficient (Wildman–Crippen LogP) is -2.94. The molecule has 1 rings (SSSR count). The Bertz CT molecular complexity index is 167. The Kier molecular flexibility index (Phi) is 1.60. The molecule has 0 aliphatic rings. The topological polar surface area (TPSA) is 12.9 Å². The van der Waals surface area contributed by atoms with E-state index >= 15 is 0 Å². The number of nitrogens with zero attached hydrogens (tertiary/aromatic N) is 1. The van der Waals surface area contributed by atoms with Gasteiger partial charge in [-0.2, -0.15) is 0 Å². The molecule has 0 aromatic carbocycles. The summed E-state index contributed by atoms with van der Waals surface area (Å²) in [6.07, 6.45) is 1.86. The quantitative estimate of drug-likeness (QED) is 0.351. The number of rotatable bonds is 0. The van der Waals surface area contributed by atoms with Crippen LogP contribution in [0.3, 0.4) is 0 Å². The van der Waals surface area contributed by atoms with E-state index in [4.69, 9.17) is 0 Å². The molecule has 0 spiro atoms. The van der Waals surface area contributed by atoms with Crippen molar-refractivity contribution in [2.75, 3.05) is 0 Å². The first-order chi connectivity index (χ1) is 3.80. The smallest absolute Gasteiger partial charge is 0.0620 e. The summed E-state index contributed by atoms with van der Waals surface area (Å²) in [7, 11) is 2.25. The Morgan fingerprint density at radius 1 is 1.38 bits per heavy atom. The van der Waals surface area contributed by atoms with E-state index in [1.165, 1.54) is 10.5 Å². The SMILES string of the molecule is [SiH3]c1cccnc1[SiH3]. The molecule has 1 nitrogen and oxygen atoms in total. The molecule has 0 saturated carbocycles. The third kappa shape index (κ3) is 1.05. The number of aromatic nitrogens is 1. The number of pyridine rings is 1. The third-order valence-electron chi connectivity index (χ3n) is 1.27. The van der Waals surface area contributed by atoms with Crippen LogP contribution in [0.2, 0.25) is 0 Å². The van der Waals surface area contributed by atoms with E-state index < -0.39 is 0 Å². The molecule has 0 atom stereocenters. The molecule has 0 N–H and O–H groups in total. The van der Waals surface area contributed by atoms with Crippen molar-refractivity contribution in [1.82, 2.24) is 4.98 Å². The summed E-state index contributed by atoms with van der Waals surface area (Å²) in [5, 5.41) is 2.78. The van der Waals surface area contributed by atoms with Gasteiger partial charge in [0.25, 0.3) is 0 Å². The minimum Gasteiger partial charge on any atom is -0.267 e. The maximum absolute atomic E-state index is 4.18. The van der Waals surface area contributed by atoms with Crippen LogP contribution in [0.4, 0.5) is 0 Å². The highest BCUT2D eigenvalue weighted by Crippen LogP contribution is 1.67. The second kappa shape index (κ2) is 2.23. The van der Waals surface area contributed by atoms with Crippen LogP contribution in [-0.2, 0) is 0 Å². The Morgan fingerprint density at radius 3 is 2.50 bits per heavy atom. The van der Waals surface area contributed by atoms with Gasteiger partial charge in [-0.15, -0.1) is 0 Å².